The average molecular weight is 358 g/mol. The molecule has 134 valence electrons. The fourth-order valence-corrected chi connectivity index (χ4v) is 3.43. The van der Waals surface area contributed by atoms with Crippen molar-refractivity contribution >= 4 is 17.3 Å². The number of anilines is 1. The molecule has 0 N–H and O–H groups in total. The third-order valence-electron chi connectivity index (χ3n) is 4.68. The molecule has 0 spiro atoms. The van der Waals surface area contributed by atoms with Crippen molar-refractivity contribution in [3.05, 3.63) is 60.2 Å². The van der Waals surface area contributed by atoms with Crippen LogP contribution in [-0.4, -0.2) is 18.7 Å². The Bertz CT molecular complexity index is 942. The highest BCUT2D eigenvalue weighted by Gasteiger charge is 2.45. The van der Waals surface area contributed by atoms with Crippen LogP contribution < -0.4 is 9.75 Å². The maximum atomic E-state index is 13.2. The number of methoxy groups -OCH3 is 1. The fraction of sp³-hybridized carbons (Fsp3) is 0.238. The number of hydrogen-bond acceptors (Lipinski definition) is 5. The number of amides is 1. The van der Waals surface area contributed by atoms with Crippen molar-refractivity contribution in [1.29, 1.82) is 10.5 Å². The second kappa shape index (κ2) is 7.72. The van der Waals surface area contributed by atoms with Gasteiger partial charge in [-0.2, -0.15) is 15.6 Å². The van der Waals surface area contributed by atoms with Gasteiger partial charge in [0.2, 0.25) is 0 Å². The van der Waals surface area contributed by atoms with E-state index >= 15 is 0 Å². The fourth-order valence-electron chi connectivity index (χ4n) is 3.43. The zero-order valence-electron chi connectivity index (χ0n) is 15.0. The molecule has 1 amide bonds. The van der Waals surface area contributed by atoms with Gasteiger partial charge in [0, 0.05) is 17.2 Å². The molecule has 6 nitrogen and oxygen atoms in total. The molecule has 1 heterocycles. The molecule has 0 bridgehead atoms. The number of nitriles is 2. The molecule has 2 atom stereocenters. The minimum atomic E-state index is -1.02. The molecule has 6 heteroatoms. The number of hydrogen-bond donors (Lipinski definition) is 0. The van der Waals surface area contributed by atoms with E-state index in [1.807, 2.05) is 30.3 Å². The Labute approximate surface area is 157 Å². The van der Waals surface area contributed by atoms with Crippen molar-refractivity contribution in [2.75, 3.05) is 12.1 Å². The van der Waals surface area contributed by atoms with Crippen LogP contribution in [0.5, 0.6) is 5.75 Å². The average Bonchev–Trinajstić information content (AvgIpc) is 3.01. The van der Waals surface area contributed by atoms with E-state index in [0.717, 1.165) is 0 Å². The first-order chi connectivity index (χ1) is 13.1. The van der Waals surface area contributed by atoms with E-state index in [0.29, 0.717) is 22.7 Å². The van der Waals surface area contributed by atoms with Crippen LogP contribution in [0.3, 0.4) is 0 Å². The first kappa shape index (κ1) is 18.2. The van der Waals surface area contributed by atoms with Crippen molar-refractivity contribution in [2.24, 2.45) is 16.9 Å². The van der Waals surface area contributed by atoms with Crippen LogP contribution in [0.25, 0.3) is 0 Å². The van der Waals surface area contributed by atoms with Crippen molar-refractivity contribution in [3.63, 3.8) is 0 Å². The van der Waals surface area contributed by atoms with E-state index in [1.165, 1.54) is 12.1 Å². The minimum Gasteiger partial charge on any atom is -0.496 e. The molecule has 2 aromatic carbocycles. The predicted octanol–water partition coefficient (Wildman–Crippen LogP) is 3.48. The Morgan fingerprint density at radius 2 is 1.70 bits per heavy atom. The standard InChI is InChI=1S/C21H18N4O2/c1-14-19(21(26)25(24-14)16-8-4-3-5-9-16)20(15(12-22)13-23)17-10-6-7-11-18(17)27-2/h3-11,15,19-20H,1-2H3/t19-,20-/m0/s1. The van der Waals surface area contributed by atoms with Gasteiger partial charge in [-0.1, -0.05) is 36.4 Å². The minimum absolute atomic E-state index is 0.259. The lowest BCUT2D eigenvalue weighted by Gasteiger charge is -2.25. The first-order valence-corrected chi connectivity index (χ1v) is 8.48. The van der Waals surface area contributed by atoms with E-state index in [2.05, 4.69) is 5.10 Å². The zero-order valence-corrected chi connectivity index (χ0v) is 15.0. The highest BCUT2D eigenvalue weighted by Crippen LogP contribution is 2.41. The zero-order chi connectivity index (χ0) is 19.4. The molecule has 0 radical (unpaired) electrons. The van der Waals surface area contributed by atoms with E-state index in [4.69, 9.17) is 4.74 Å². The summed E-state index contributed by atoms with van der Waals surface area (Å²) in [6.45, 7) is 1.75. The summed E-state index contributed by atoms with van der Waals surface area (Å²) >= 11 is 0. The van der Waals surface area contributed by atoms with Gasteiger partial charge in [0.1, 0.15) is 11.7 Å². The number of carbonyl (C=O) groups excluding carboxylic acids is 1. The summed E-state index contributed by atoms with van der Waals surface area (Å²) in [4.78, 5) is 13.2. The van der Waals surface area contributed by atoms with Crippen molar-refractivity contribution < 1.29 is 9.53 Å². The van der Waals surface area contributed by atoms with Crippen molar-refractivity contribution in [1.82, 2.24) is 0 Å². The lowest BCUT2D eigenvalue weighted by molar-refractivity contribution is -0.120. The number of benzene rings is 2. The summed E-state index contributed by atoms with van der Waals surface area (Å²) in [6, 6.07) is 20.3. The highest BCUT2D eigenvalue weighted by atomic mass is 16.5. The Kier molecular flexibility index (Phi) is 5.19. The number of nitrogens with zero attached hydrogens (tertiary/aromatic N) is 4. The van der Waals surface area contributed by atoms with Gasteiger partial charge < -0.3 is 4.74 Å². The lowest BCUT2D eigenvalue weighted by atomic mass is 9.75. The Morgan fingerprint density at radius 3 is 2.33 bits per heavy atom. The summed E-state index contributed by atoms with van der Waals surface area (Å²) < 4.78 is 5.42. The number of ether oxygens (including phenoxy) is 1. The topological polar surface area (TPSA) is 89.5 Å². The number of carbonyl (C=O) groups is 1. The summed E-state index contributed by atoms with van der Waals surface area (Å²) in [5.74, 6) is -2.13. The highest BCUT2D eigenvalue weighted by molar-refractivity contribution is 6.15. The summed E-state index contributed by atoms with van der Waals surface area (Å²) in [6.07, 6.45) is 0. The number of rotatable bonds is 5. The molecule has 27 heavy (non-hydrogen) atoms. The van der Waals surface area contributed by atoms with E-state index in [9.17, 15) is 15.3 Å². The third-order valence-corrected chi connectivity index (χ3v) is 4.68. The Hall–Kier alpha value is -3.64. The van der Waals surface area contributed by atoms with Crippen LogP contribution in [0.4, 0.5) is 5.69 Å². The molecule has 1 aliphatic heterocycles. The van der Waals surface area contributed by atoms with Crippen molar-refractivity contribution in [2.45, 2.75) is 12.8 Å². The van der Waals surface area contributed by atoms with Gasteiger partial charge >= 0.3 is 0 Å². The van der Waals surface area contributed by atoms with Gasteiger partial charge in [-0.15, -0.1) is 0 Å². The third kappa shape index (κ3) is 3.26. The smallest absolute Gasteiger partial charge is 0.256 e. The van der Waals surface area contributed by atoms with E-state index < -0.39 is 17.8 Å². The van der Waals surface area contributed by atoms with E-state index in [1.54, 1.807) is 43.3 Å². The SMILES string of the molecule is COc1ccccc1[C@H](C(C#N)C#N)[C@H]1C(=O)N(c2ccccc2)N=C1C. The van der Waals surface area contributed by atoms with Crippen LogP contribution in [0.2, 0.25) is 0 Å². The van der Waals surface area contributed by atoms with Crippen LogP contribution >= 0.6 is 0 Å². The van der Waals surface area contributed by atoms with E-state index in [-0.39, 0.29) is 5.91 Å². The second-order valence-electron chi connectivity index (χ2n) is 6.21. The Morgan fingerprint density at radius 1 is 1.07 bits per heavy atom. The predicted molar refractivity (Wildman–Crippen MR) is 101 cm³/mol. The van der Waals surface area contributed by atoms with Gasteiger partial charge in [-0.05, 0) is 25.1 Å². The first-order valence-electron chi connectivity index (χ1n) is 8.48. The molecule has 0 unspecified atom stereocenters. The molecular formula is C21H18N4O2. The molecule has 3 rings (SSSR count). The molecule has 2 aromatic rings. The normalized spacial score (nSPS) is 17.2. The molecule has 1 aliphatic rings. The lowest BCUT2D eigenvalue weighted by Crippen LogP contribution is -2.34. The van der Waals surface area contributed by atoms with Crippen LogP contribution in [0.1, 0.15) is 18.4 Å². The van der Waals surface area contributed by atoms with Crippen LogP contribution in [0, 0.1) is 34.5 Å². The monoisotopic (exact) mass is 358 g/mol. The maximum Gasteiger partial charge on any atom is 0.256 e. The van der Waals surface area contributed by atoms with Gasteiger partial charge in [-0.25, -0.2) is 5.01 Å². The molecular weight excluding hydrogens is 340 g/mol. The van der Waals surface area contributed by atoms with Crippen molar-refractivity contribution in [3.8, 4) is 17.9 Å². The van der Waals surface area contributed by atoms with Gasteiger partial charge in [0.05, 0.1) is 30.9 Å². The van der Waals surface area contributed by atoms with Crippen LogP contribution in [0.15, 0.2) is 59.7 Å². The quantitative estimate of drug-likeness (QED) is 0.818. The molecule has 0 saturated heterocycles. The summed E-state index contributed by atoms with van der Waals surface area (Å²) in [7, 11) is 1.53. The summed E-state index contributed by atoms with van der Waals surface area (Å²) in [5, 5.41) is 24.9. The number of hydrazone groups is 1. The summed E-state index contributed by atoms with van der Waals surface area (Å²) in [5.41, 5.74) is 1.86. The molecule has 0 aromatic heterocycles. The Balaban J connectivity index is 2.09. The number of para-hydroxylation sites is 2. The molecule has 0 saturated carbocycles. The molecule has 0 aliphatic carbocycles. The van der Waals surface area contributed by atoms with Crippen LogP contribution in [-0.2, 0) is 4.79 Å². The van der Waals surface area contributed by atoms with Gasteiger partial charge in [0.15, 0.2) is 0 Å². The van der Waals surface area contributed by atoms with Gasteiger partial charge in [0.25, 0.3) is 5.91 Å². The van der Waals surface area contributed by atoms with Gasteiger partial charge in [-0.3, -0.25) is 4.79 Å². The largest absolute Gasteiger partial charge is 0.496 e. The second-order valence-corrected chi connectivity index (χ2v) is 6.21. The molecule has 0 fully saturated rings. The maximum absolute atomic E-state index is 13.2.